The molecule has 0 saturated heterocycles. The van der Waals surface area contributed by atoms with Crippen molar-refractivity contribution in [3.8, 4) is 0 Å². The summed E-state index contributed by atoms with van der Waals surface area (Å²) in [6, 6.07) is 0. The van der Waals surface area contributed by atoms with Gasteiger partial charge in [-0.15, -0.1) is 0 Å². The predicted molar refractivity (Wildman–Crippen MR) is 32.1 cm³/mol. The van der Waals surface area contributed by atoms with Crippen LogP contribution in [0.3, 0.4) is 0 Å². The molecule has 0 unspecified atom stereocenters. The van der Waals surface area contributed by atoms with Crippen molar-refractivity contribution in [2.24, 2.45) is 0 Å². The third-order valence-corrected chi connectivity index (χ3v) is 1.53. The summed E-state index contributed by atoms with van der Waals surface area (Å²) in [6.45, 7) is -2.82. The van der Waals surface area contributed by atoms with Gasteiger partial charge in [-0.2, -0.15) is 11.8 Å². The highest BCUT2D eigenvalue weighted by Crippen LogP contribution is 2.14. The Labute approximate surface area is 50.9 Å². The molecular weight excluding hydrogens is 136 g/mol. The zero-order valence-electron chi connectivity index (χ0n) is 4.53. The molecular formula is C3H7BF3S-. The van der Waals surface area contributed by atoms with Crippen molar-refractivity contribution in [3.05, 3.63) is 0 Å². The Bertz CT molecular complexity index is 62.0. The molecule has 0 bridgehead atoms. The number of hydrogen-bond donors (Lipinski definition) is 0. The summed E-state index contributed by atoms with van der Waals surface area (Å²) in [5, 5.41) is 0. The van der Waals surface area contributed by atoms with E-state index in [0.29, 0.717) is 5.75 Å². The smallest absolute Gasteiger partial charge is 0.448 e. The maximum atomic E-state index is 11.3. The lowest BCUT2D eigenvalue weighted by atomic mass is 9.98. The SMILES string of the molecule is CCSC[B-](F)(F)F. The monoisotopic (exact) mass is 143 g/mol. The Morgan fingerprint density at radius 1 is 1.38 bits per heavy atom. The van der Waals surface area contributed by atoms with E-state index in [1.54, 1.807) is 6.92 Å². The fourth-order valence-corrected chi connectivity index (χ4v) is 0.754. The van der Waals surface area contributed by atoms with E-state index in [1.165, 1.54) is 0 Å². The van der Waals surface area contributed by atoms with Crippen LogP contribution in [-0.2, 0) is 0 Å². The van der Waals surface area contributed by atoms with E-state index >= 15 is 0 Å². The average molecular weight is 143 g/mol. The quantitative estimate of drug-likeness (QED) is 0.545. The van der Waals surface area contributed by atoms with Crippen molar-refractivity contribution >= 4 is 18.7 Å². The molecule has 0 spiro atoms. The van der Waals surface area contributed by atoms with Crippen molar-refractivity contribution in [2.75, 3.05) is 11.4 Å². The predicted octanol–water partition coefficient (Wildman–Crippen LogP) is 2.13. The Hall–Kier alpha value is 0.205. The van der Waals surface area contributed by atoms with E-state index in [4.69, 9.17) is 0 Å². The van der Waals surface area contributed by atoms with Crippen molar-refractivity contribution in [3.63, 3.8) is 0 Å². The standard InChI is InChI=1S/C3H7BF3S/c1-2-8-3-4(5,6)7/h2-3H2,1H3/q-1. The Balaban J connectivity index is 3.11. The van der Waals surface area contributed by atoms with Gasteiger partial charge in [0.2, 0.25) is 0 Å². The van der Waals surface area contributed by atoms with Gasteiger partial charge >= 0.3 is 6.98 Å². The molecule has 0 radical (unpaired) electrons. The zero-order valence-corrected chi connectivity index (χ0v) is 5.35. The van der Waals surface area contributed by atoms with Gasteiger partial charge < -0.3 is 12.9 Å². The molecule has 50 valence electrons. The highest BCUT2D eigenvalue weighted by Gasteiger charge is 2.21. The van der Waals surface area contributed by atoms with E-state index in [-0.39, 0.29) is 0 Å². The normalized spacial score (nSPS) is 12.0. The first kappa shape index (κ1) is 8.20. The summed E-state index contributed by atoms with van der Waals surface area (Å²) in [5.41, 5.74) is -0.656. The molecule has 0 aliphatic carbocycles. The van der Waals surface area contributed by atoms with Crippen molar-refractivity contribution < 1.29 is 12.9 Å². The molecule has 0 nitrogen and oxygen atoms in total. The van der Waals surface area contributed by atoms with E-state index in [1.807, 2.05) is 0 Å². The van der Waals surface area contributed by atoms with Gasteiger partial charge in [-0.25, -0.2) is 0 Å². The summed E-state index contributed by atoms with van der Waals surface area (Å²) in [4.78, 5) is 0. The minimum Gasteiger partial charge on any atom is -0.448 e. The molecule has 0 fully saturated rings. The molecule has 0 aliphatic rings. The van der Waals surface area contributed by atoms with E-state index in [2.05, 4.69) is 0 Å². The highest BCUT2D eigenvalue weighted by molar-refractivity contribution is 8.00. The van der Waals surface area contributed by atoms with Gasteiger partial charge in [0.25, 0.3) is 0 Å². The number of hydrogen-bond acceptors (Lipinski definition) is 1. The Morgan fingerprint density at radius 2 is 1.88 bits per heavy atom. The molecule has 0 saturated carbocycles. The topological polar surface area (TPSA) is 0 Å². The van der Waals surface area contributed by atoms with Crippen LogP contribution < -0.4 is 0 Å². The lowest BCUT2D eigenvalue weighted by Gasteiger charge is -2.10. The molecule has 0 atom stereocenters. The van der Waals surface area contributed by atoms with Gasteiger partial charge in [-0.1, -0.05) is 6.92 Å². The van der Waals surface area contributed by atoms with E-state index in [0.717, 1.165) is 11.8 Å². The van der Waals surface area contributed by atoms with Crippen LogP contribution in [0.5, 0.6) is 0 Å². The Morgan fingerprint density at radius 3 is 2.00 bits per heavy atom. The largest absolute Gasteiger partial charge is 0.488 e. The number of rotatable bonds is 3. The lowest BCUT2D eigenvalue weighted by Crippen LogP contribution is -2.19. The first-order valence-electron chi connectivity index (χ1n) is 2.35. The van der Waals surface area contributed by atoms with Crippen LogP contribution in [0.4, 0.5) is 12.9 Å². The zero-order chi connectivity index (χ0) is 6.62. The van der Waals surface area contributed by atoms with Crippen LogP contribution in [0.1, 0.15) is 6.92 Å². The highest BCUT2D eigenvalue weighted by atomic mass is 32.2. The minimum atomic E-state index is -4.54. The fourth-order valence-electron chi connectivity index (χ4n) is 0.251. The molecule has 0 aromatic rings. The maximum absolute atomic E-state index is 11.3. The summed E-state index contributed by atoms with van der Waals surface area (Å²) in [7, 11) is 0. The maximum Gasteiger partial charge on any atom is 0.488 e. The van der Waals surface area contributed by atoms with Gasteiger partial charge in [0.05, 0.1) is 0 Å². The van der Waals surface area contributed by atoms with Crippen LogP contribution in [0.2, 0.25) is 0 Å². The van der Waals surface area contributed by atoms with Crippen LogP contribution in [0.25, 0.3) is 0 Å². The molecule has 0 rings (SSSR count). The third-order valence-electron chi connectivity index (χ3n) is 0.511. The van der Waals surface area contributed by atoms with Gasteiger partial charge in [0.1, 0.15) is 0 Å². The van der Waals surface area contributed by atoms with Crippen LogP contribution in [0.15, 0.2) is 0 Å². The van der Waals surface area contributed by atoms with Gasteiger partial charge in [-0.3, -0.25) is 0 Å². The summed E-state index contributed by atoms with van der Waals surface area (Å²) < 4.78 is 33.9. The number of thioether (sulfide) groups is 1. The van der Waals surface area contributed by atoms with E-state index in [9.17, 15) is 12.9 Å². The second kappa shape index (κ2) is 3.27. The van der Waals surface area contributed by atoms with Gasteiger partial charge in [0.15, 0.2) is 0 Å². The van der Waals surface area contributed by atoms with Crippen LogP contribution >= 0.6 is 11.8 Å². The third kappa shape index (κ3) is 6.20. The average Bonchev–Trinajstić information content (AvgIpc) is 1.59. The molecule has 0 heterocycles. The molecule has 5 heteroatoms. The second-order valence-electron chi connectivity index (χ2n) is 1.37. The lowest BCUT2D eigenvalue weighted by molar-refractivity contribution is 0.485. The molecule has 0 amide bonds. The second-order valence-corrected chi connectivity index (χ2v) is 2.69. The summed E-state index contributed by atoms with van der Waals surface area (Å²) in [5.74, 6) is 0.543. The molecule has 0 aromatic heterocycles. The molecule has 0 aromatic carbocycles. The van der Waals surface area contributed by atoms with E-state index < -0.39 is 12.6 Å². The van der Waals surface area contributed by atoms with Crippen LogP contribution in [0, 0.1) is 0 Å². The molecule has 0 aliphatic heterocycles. The number of halogens is 3. The van der Waals surface area contributed by atoms with Crippen LogP contribution in [-0.4, -0.2) is 18.4 Å². The minimum absolute atomic E-state index is 0.543. The van der Waals surface area contributed by atoms with Crippen molar-refractivity contribution in [1.82, 2.24) is 0 Å². The summed E-state index contributed by atoms with van der Waals surface area (Å²) in [6.07, 6.45) is 0. The van der Waals surface area contributed by atoms with Gasteiger partial charge in [-0.05, 0) is 11.4 Å². The molecule has 0 N–H and O–H groups in total. The van der Waals surface area contributed by atoms with Gasteiger partial charge in [0, 0.05) is 0 Å². The first-order valence-corrected chi connectivity index (χ1v) is 3.50. The fraction of sp³-hybridized carbons (Fsp3) is 1.00. The first-order chi connectivity index (χ1) is 3.56. The molecule has 8 heavy (non-hydrogen) atoms. The summed E-state index contributed by atoms with van der Waals surface area (Å²) >= 11 is 0.918. The van der Waals surface area contributed by atoms with Crippen molar-refractivity contribution in [1.29, 1.82) is 0 Å². The van der Waals surface area contributed by atoms with Crippen molar-refractivity contribution in [2.45, 2.75) is 6.92 Å². The Kier molecular flexibility index (Phi) is 3.36.